The second-order valence-electron chi connectivity index (χ2n) is 19.1. The third-order valence-electron chi connectivity index (χ3n) is 14.2. The minimum Gasteiger partial charge on any atom is -0.310 e. The van der Waals surface area contributed by atoms with Gasteiger partial charge in [-0.2, -0.15) is 0 Å². The maximum Gasteiger partial charge on any atom is 0.0540 e. The van der Waals surface area contributed by atoms with Crippen molar-refractivity contribution in [3.63, 3.8) is 0 Å². The first-order valence-electron chi connectivity index (χ1n) is 22.3. The first-order valence-corrected chi connectivity index (χ1v) is 22.3. The molecule has 0 aromatic heterocycles. The van der Waals surface area contributed by atoms with Gasteiger partial charge in [0, 0.05) is 44.7 Å². The van der Waals surface area contributed by atoms with E-state index in [1.807, 2.05) is 0 Å². The topological polar surface area (TPSA) is 6.48 Å². The van der Waals surface area contributed by atoms with Gasteiger partial charge in [-0.25, -0.2) is 0 Å². The molecule has 2 unspecified atom stereocenters. The summed E-state index contributed by atoms with van der Waals surface area (Å²) in [5.41, 5.74) is 15.4. The van der Waals surface area contributed by atoms with E-state index in [9.17, 15) is 0 Å². The minimum absolute atomic E-state index is 0.0757. The largest absolute Gasteiger partial charge is 0.310 e. The first kappa shape index (κ1) is 38.8. The predicted octanol–water partition coefficient (Wildman–Crippen LogP) is 16.6. The van der Waals surface area contributed by atoms with Gasteiger partial charge in [0.25, 0.3) is 0 Å². The first-order chi connectivity index (χ1) is 29.6. The average Bonchev–Trinajstić information content (AvgIpc) is 3.53. The van der Waals surface area contributed by atoms with Gasteiger partial charge in [0.05, 0.1) is 5.69 Å². The molecule has 10 rings (SSSR count). The Kier molecular flexibility index (Phi) is 9.71. The molecule has 8 aromatic rings. The van der Waals surface area contributed by atoms with Crippen LogP contribution in [0.5, 0.6) is 0 Å². The van der Waals surface area contributed by atoms with Crippen LogP contribution in [0.3, 0.4) is 0 Å². The van der Waals surface area contributed by atoms with Crippen LogP contribution in [0.1, 0.15) is 82.6 Å². The molecule has 8 aromatic carbocycles. The van der Waals surface area contributed by atoms with E-state index in [1.165, 1.54) is 79.7 Å². The number of hydrogen-bond acceptors (Lipinski definition) is 2. The second kappa shape index (κ2) is 15.3. The van der Waals surface area contributed by atoms with Crippen LogP contribution in [-0.2, 0) is 10.8 Å². The number of hydrogen-bond donors (Lipinski definition) is 0. The molecule has 61 heavy (non-hydrogen) atoms. The average molecular weight is 793 g/mol. The lowest BCUT2D eigenvalue weighted by Crippen LogP contribution is -2.38. The van der Waals surface area contributed by atoms with Crippen molar-refractivity contribution in [2.45, 2.75) is 71.1 Å². The molecule has 2 atom stereocenters. The van der Waals surface area contributed by atoms with Gasteiger partial charge in [-0.3, -0.25) is 0 Å². The van der Waals surface area contributed by atoms with E-state index in [0.29, 0.717) is 5.92 Å². The van der Waals surface area contributed by atoms with Crippen LogP contribution in [0.15, 0.2) is 194 Å². The summed E-state index contributed by atoms with van der Waals surface area (Å²) in [5.74, 6) is 0.608. The molecule has 302 valence electrons. The SMILES string of the molecule is CC1(C)c2ccccc2-c2ccc(N(c3ccccc3)c3ccc(C4(c5ccc(N(c6ccccc6)c6cccc7ccccc67)cc5)CCCC(C(C)(C)C)C4)cc3)cc21. The van der Waals surface area contributed by atoms with Gasteiger partial charge < -0.3 is 9.80 Å². The Morgan fingerprint density at radius 3 is 1.67 bits per heavy atom. The quantitative estimate of drug-likeness (QED) is 0.151. The van der Waals surface area contributed by atoms with Gasteiger partial charge >= 0.3 is 0 Å². The van der Waals surface area contributed by atoms with Crippen molar-refractivity contribution in [3.8, 4) is 11.1 Å². The summed E-state index contributed by atoms with van der Waals surface area (Å²) in [6.07, 6.45) is 4.74. The number of anilines is 6. The summed E-state index contributed by atoms with van der Waals surface area (Å²) in [7, 11) is 0. The molecule has 0 aliphatic heterocycles. The highest BCUT2D eigenvalue weighted by Crippen LogP contribution is 2.54. The molecule has 0 N–H and O–H groups in total. The van der Waals surface area contributed by atoms with Gasteiger partial charge in [0.2, 0.25) is 0 Å². The van der Waals surface area contributed by atoms with Gasteiger partial charge in [-0.1, -0.05) is 168 Å². The van der Waals surface area contributed by atoms with Crippen LogP contribution in [0.25, 0.3) is 21.9 Å². The highest BCUT2D eigenvalue weighted by Gasteiger charge is 2.43. The molecule has 0 saturated heterocycles. The molecule has 0 spiro atoms. The fourth-order valence-corrected chi connectivity index (χ4v) is 10.8. The summed E-state index contributed by atoms with van der Waals surface area (Å²) < 4.78 is 0. The molecule has 1 fully saturated rings. The van der Waals surface area contributed by atoms with Crippen LogP contribution in [0.2, 0.25) is 0 Å². The van der Waals surface area contributed by atoms with Crippen molar-refractivity contribution in [1.82, 2.24) is 0 Å². The Labute approximate surface area is 363 Å². The van der Waals surface area contributed by atoms with Crippen molar-refractivity contribution in [2.75, 3.05) is 9.80 Å². The molecule has 2 nitrogen and oxygen atoms in total. The second-order valence-corrected chi connectivity index (χ2v) is 19.1. The standard InChI is InChI=1S/C59H56N2/c1-57(2,3)45-20-17-39-59(41-45,44-31-35-49(36-32-44)61(47-23-10-7-11-24-47)56-28-16-19-42-18-12-13-25-51(42)56)43-29-33-48(34-30-43)60(46-21-8-6-9-22-46)50-37-38-53-52-26-14-15-27-54(52)58(4,5)55(53)40-50/h6-16,18-19,21-38,40,45H,17,20,39,41H2,1-5H3. The Balaban J connectivity index is 1.06. The van der Waals surface area contributed by atoms with Crippen molar-refractivity contribution in [2.24, 2.45) is 11.3 Å². The van der Waals surface area contributed by atoms with Crippen molar-refractivity contribution in [1.29, 1.82) is 0 Å². The lowest BCUT2D eigenvalue weighted by molar-refractivity contribution is 0.137. The fraction of sp³-hybridized carbons (Fsp3) is 0.220. The van der Waals surface area contributed by atoms with Gasteiger partial charge in [0.1, 0.15) is 0 Å². The predicted molar refractivity (Wildman–Crippen MR) is 260 cm³/mol. The molecular weight excluding hydrogens is 737 g/mol. The van der Waals surface area contributed by atoms with E-state index < -0.39 is 0 Å². The van der Waals surface area contributed by atoms with Crippen molar-refractivity contribution < 1.29 is 0 Å². The molecule has 2 aliphatic rings. The Bertz CT molecular complexity index is 2810. The van der Waals surface area contributed by atoms with Crippen LogP contribution >= 0.6 is 0 Å². The van der Waals surface area contributed by atoms with E-state index in [2.05, 4.69) is 239 Å². The minimum atomic E-state index is -0.106. The van der Waals surface area contributed by atoms with E-state index in [0.717, 1.165) is 24.2 Å². The zero-order chi connectivity index (χ0) is 41.8. The zero-order valence-electron chi connectivity index (χ0n) is 36.3. The van der Waals surface area contributed by atoms with E-state index in [1.54, 1.807) is 0 Å². The number of fused-ring (bicyclic) bond motifs is 4. The summed E-state index contributed by atoms with van der Waals surface area (Å²) >= 11 is 0. The fourth-order valence-electron chi connectivity index (χ4n) is 10.8. The summed E-state index contributed by atoms with van der Waals surface area (Å²) in [6.45, 7) is 12.1. The number of para-hydroxylation sites is 2. The van der Waals surface area contributed by atoms with Crippen LogP contribution in [-0.4, -0.2) is 0 Å². The number of benzene rings is 8. The monoisotopic (exact) mass is 792 g/mol. The van der Waals surface area contributed by atoms with E-state index >= 15 is 0 Å². The Morgan fingerprint density at radius 1 is 0.475 bits per heavy atom. The molecule has 2 heteroatoms. The lowest BCUT2D eigenvalue weighted by atomic mass is 9.58. The van der Waals surface area contributed by atoms with Crippen LogP contribution in [0, 0.1) is 11.3 Å². The molecular formula is C59H56N2. The molecule has 2 aliphatic carbocycles. The van der Waals surface area contributed by atoms with Crippen LogP contribution in [0.4, 0.5) is 34.1 Å². The van der Waals surface area contributed by atoms with Crippen molar-refractivity contribution in [3.05, 3.63) is 216 Å². The van der Waals surface area contributed by atoms with E-state index in [-0.39, 0.29) is 16.2 Å². The Hall–Kier alpha value is -6.38. The number of rotatable bonds is 8. The molecule has 0 bridgehead atoms. The molecule has 0 radical (unpaired) electrons. The van der Waals surface area contributed by atoms with Crippen molar-refractivity contribution >= 4 is 44.9 Å². The summed E-state index contributed by atoms with van der Waals surface area (Å²) in [6, 6.07) is 72.3. The van der Waals surface area contributed by atoms with Gasteiger partial charge in [-0.05, 0) is 136 Å². The maximum absolute atomic E-state index is 2.45. The third kappa shape index (κ3) is 6.83. The zero-order valence-corrected chi connectivity index (χ0v) is 36.3. The smallest absolute Gasteiger partial charge is 0.0540 e. The normalized spacial score (nSPS) is 18.0. The van der Waals surface area contributed by atoms with Gasteiger partial charge in [-0.15, -0.1) is 0 Å². The van der Waals surface area contributed by atoms with E-state index in [4.69, 9.17) is 0 Å². The molecule has 0 heterocycles. The summed E-state index contributed by atoms with van der Waals surface area (Å²) in [4.78, 5) is 4.86. The lowest BCUT2D eigenvalue weighted by Gasteiger charge is -2.46. The molecule has 0 amide bonds. The Morgan fingerprint density at radius 2 is 1.00 bits per heavy atom. The molecule has 1 saturated carbocycles. The van der Waals surface area contributed by atoms with Gasteiger partial charge in [0.15, 0.2) is 0 Å². The maximum atomic E-state index is 2.45. The third-order valence-corrected chi connectivity index (χ3v) is 14.2. The highest BCUT2D eigenvalue weighted by molar-refractivity contribution is 5.99. The summed E-state index contributed by atoms with van der Waals surface area (Å²) in [5, 5.41) is 2.49. The van der Waals surface area contributed by atoms with Crippen LogP contribution < -0.4 is 9.80 Å². The number of nitrogens with zero attached hydrogens (tertiary/aromatic N) is 2. The highest BCUT2D eigenvalue weighted by atomic mass is 15.1.